The average molecular weight is 661 g/mol. The van der Waals surface area contributed by atoms with Crippen molar-refractivity contribution in [1.82, 2.24) is 24.3 Å². The Balaban J connectivity index is 0.920. The van der Waals surface area contributed by atoms with Crippen LogP contribution in [0.1, 0.15) is 28.8 Å². The van der Waals surface area contributed by atoms with Crippen LogP contribution < -0.4 is 20.5 Å². The van der Waals surface area contributed by atoms with E-state index < -0.39 is 0 Å². The first-order valence-corrected chi connectivity index (χ1v) is 16.8. The van der Waals surface area contributed by atoms with Crippen LogP contribution in [0.15, 0.2) is 77.9 Å². The molecule has 252 valence electrons. The smallest absolute Gasteiger partial charge is 0.254 e. The number of piperazine rings is 1. The molecule has 2 aromatic heterocycles. The number of aryl methyl sites for hydroxylation is 1. The number of nitriles is 1. The predicted octanol–water partition coefficient (Wildman–Crippen LogP) is 3.91. The monoisotopic (exact) mass is 660 g/mol. The lowest BCUT2D eigenvalue weighted by atomic mass is 9.97. The van der Waals surface area contributed by atoms with Crippen molar-refractivity contribution in [2.24, 2.45) is 13.0 Å². The van der Waals surface area contributed by atoms with Gasteiger partial charge in [0.25, 0.3) is 11.5 Å². The minimum Gasteiger partial charge on any atom is -0.492 e. The molecule has 3 aliphatic rings. The normalized spacial score (nSPS) is 17.3. The van der Waals surface area contributed by atoms with E-state index in [2.05, 4.69) is 50.4 Å². The highest BCUT2D eigenvalue weighted by atomic mass is 16.5. The third-order valence-electron chi connectivity index (χ3n) is 9.70. The van der Waals surface area contributed by atoms with E-state index in [0.717, 1.165) is 63.5 Å². The molecule has 2 aromatic carbocycles. The summed E-state index contributed by atoms with van der Waals surface area (Å²) in [5.41, 5.74) is 3.49. The van der Waals surface area contributed by atoms with Gasteiger partial charge in [-0.1, -0.05) is 0 Å². The van der Waals surface area contributed by atoms with E-state index in [0.29, 0.717) is 54.3 Å². The van der Waals surface area contributed by atoms with Crippen LogP contribution in [0.5, 0.6) is 5.75 Å². The number of likely N-dealkylation sites (tertiary alicyclic amines) is 1. The number of hydrogen-bond acceptors (Lipinski definition) is 10. The van der Waals surface area contributed by atoms with Crippen molar-refractivity contribution in [2.45, 2.75) is 18.9 Å². The summed E-state index contributed by atoms with van der Waals surface area (Å²) in [5.74, 6) is 1.80. The molecule has 3 fully saturated rings. The summed E-state index contributed by atoms with van der Waals surface area (Å²) < 4.78 is 12.9. The Hall–Kier alpha value is -5.25. The second-order valence-corrected chi connectivity index (χ2v) is 12.9. The molecule has 5 heterocycles. The number of benzene rings is 2. The first-order chi connectivity index (χ1) is 23.9. The van der Waals surface area contributed by atoms with Crippen LogP contribution in [0.4, 0.5) is 17.2 Å². The van der Waals surface area contributed by atoms with Crippen molar-refractivity contribution >= 4 is 23.1 Å². The van der Waals surface area contributed by atoms with E-state index in [1.54, 1.807) is 42.5 Å². The predicted molar refractivity (Wildman–Crippen MR) is 186 cm³/mol. The summed E-state index contributed by atoms with van der Waals surface area (Å²) >= 11 is 0. The van der Waals surface area contributed by atoms with E-state index in [9.17, 15) is 14.9 Å². The van der Waals surface area contributed by atoms with Gasteiger partial charge in [0, 0.05) is 87.3 Å². The zero-order valence-electron chi connectivity index (χ0n) is 27.6. The molecule has 0 aliphatic carbocycles. The van der Waals surface area contributed by atoms with Crippen molar-refractivity contribution < 1.29 is 14.3 Å². The Labute approximate surface area is 285 Å². The number of amides is 1. The van der Waals surface area contributed by atoms with Gasteiger partial charge < -0.3 is 29.2 Å². The number of piperidine rings is 1. The molecule has 4 aromatic rings. The van der Waals surface area contributed by atoms with E-state index in [1.165, 1.54) is 16.3 Å². The highest BCUT2D eigenvalue weighted by molar-refractivity contribution is 5.94. The maximum absolute atomic E-state index is 12.9. The van der Waals surface area contributed by atoms with Gasteiger partial charge in [0.2, 0.25) is 0 Å². The van der Waals surface area contributed by atoms with Crippen LogP contribution in [0.2, 0.25) is 0 Å². The first-order valence-electron chi connectivity index (χ1n) is 16.8. The Kier molecular flexibility index (Phi) is 9.54. The zero-order valence-corrected chi connectivity index (χ0v) is 27.6. The molecule has 3 saturated heterocycles. The largest absolute Gasteiger partial charge is 0.492 e. The van der Waals surface area contributed by atoms with Crippen molar-refractivity contribution in [3.63, 3.8) is 0 Å². The van der Waals surface area contributed by atoms with Gasteiger partial charge in [-0.3, -0.25) is 14.5 Å². The molecule has 0 bridgehead atoms. The van der Waals surface area contributed by atoms with Crippen LogP contribution in [-0.4, -0.2) is 95.4 Å². The lowest BCUT2D eigenvalue weighted by molar-refractivity contribution is -0.0660. The molecule has 1 amide bonds. The quantitative estimate of drug-likeness (QED) is 0.282. The molecule has 3 aliphatic heterocycles. The second-order valence-electron chi connectivity index (χ2n) is 12.9. The van der Waals surface area contributed by atoms with Crippen molar-refractivity contribution in [3.05, 3.63) is 94.5 Å². The van der Waals surface area contributed by atoms with Crippen LogP contribution in [0.3, 0.4) is 0 Å². The Morgan fingerprint density at radius 1 is 1.00 bits per heavy atom. The van der Waals surface area contributed by atoms with Crippen LogP contribution >= 0.6 is 0 Å². The van der Waals surface area contributed by atoms with Crippen LogP contribution in [0.25, 0.3) is 11.4 Å². The number of carbonyl (C=O) groups is 1. The minimum atomic E-state index is -0.203. The summed E-state index contributed by atoms with van der Waals surface area (Å²) in [5, 5.41) is 13.3. The van der Waals surface area contributed by atoms with Gasteiger partial charge in [0.05, 0.1) is 31.4 Å². The summed E-state index contributed by atoms with van der Waals surface area (Å²) in [7, 11) is 1.66. The van der Waals surface area contributed by atoms with Crippen molar-refractivity contribution in [3.8, 4) is 23.2 Å². The standard InChI is InChI=1S/C37H40N8O4/c1-42-13-11-28(21-35(42)46)37(47)45-14-9-26(10-15-45)23-49-33-7-2-27(20-29(33)22-38)36-39-12-8-34(41-36)40-30-3-5-31(6-4-30)43-16-18-44(19-17-43)32-24-48-25-32/h2-8,11-13,20-21,26,32H,9-10,14-19,23-25H2,1H3,(H,39,40,41). The van der Waals surface area contributed by atoms with Gasteiger partial charge in [0.15, 0.2) is 5.82 Å². The van der Waals surface area contributed by atoms with E-state index in [-0.39, 0.29) is 17.4 Å². The van der Waals surface area contributed by atoms with Gasteiger partial charge in [0.1, 0.15) is 17.6 Å². The molecule has 49 heavy (non-hydrogen) atoms. The molecule has 0 unspecified atom stereocenters. The molecular weight excluding hydrogens is 620 g/mol. The first kappa shape index (κ1) is 32.3. The molecule has 12 nitrogen and oxygen atoms in total. The number of nitrogens with one attached hydrogen (secondary N) is 1. The fourth-order valence-electron chi connectivity index (χ4n) is 6.51. The summed E-state index contributed by atoms with van der Waals surface area (Å²) in [6, 6.07) is 21.6. The lowest BCUT2D eigenvalue weighted by Gasteiger charge is -2.43. The van der Waals surface area contributed by atoms with Gasteiger partial charge in [-0.05, 0) is 73.4 Å². The average Bonchev–Trinajstić information content (AvgIpc) is 3.12. The Morgan fingerprint density at radius 3 is 2.47 bits per heavy atom. The van der Waals surface area contributed by atoms with Crippen molar-refractivity contribution in [1.29, 1.82) is 5.26 Å². The van der Waals surface area contributed by atoms with Gasteiger partial charge in [-0.15, -0.1) is 0 Å². The molecule has 7 rings (SSSR count). The zero-order chi connectivity index (χ0) is 33.7. The van der Waals surface area contributed by atoms with E-state index >= 15 is 0 Å². The maximum atomic E-state index is 12.9. The van der Waals surface area contributed by atoms with E-state index in [4.69, 9.17) is 14.5 Å². The number of rotatable bonds is 9. The van der Waals surface area contributed by atoms with Crippen molar-refractivity contribution in [2.75, 3.05) is 69.3 Å². The molecule has 1 N–H and O–H groups in total. The molecular formula is C37H40N8O4. The fraction of sp³-hybridized carbons (Fsp3) is 0.378. The number of pyridine rings is 1. The lowest BCUT2D eigenvalue weighted by Crippen LogP contribution is -2.56. The number of aromatic nitrogens is 3. The third kappa shape index (κ3) is 7.43. The molecule has 0 atom stereocenters. The minimum absolute atomic E-state index is 0.126. The molecule has 12 heteroatoms. The highest BCUT2D eigenvalue weighted by Crippen LogP contribution is 2.28. The van der Waals surface area contributed by atoms with Gasteiger partial charge in [-0.2, -0.15) is 5.26 Å². The maximum Gasteiger partial charge on any atom is 0.254 e. The second kappa shape index (κ2) is 14.5. The molecule has 0 spiro atoms. The summed E-state index contributed by atoms with van der Waals surface area (Å²) in [4.78, 5) is 40.8. The fourth-order valence-corrected chi connectivity index (χ4v) is 6.51. The molecule has 0 saturated carbocycles. The third-order valence-corrected chi connectivity index (χ3v) is 9.70. The topological polar surface area (TPSA) is 129 Å². The van der Waals surface area contributed by atoms with Gasteiger partial charge in [-0.25, -0.2) is 9.97 Å². The highest BCUT2D eigenvalue weighted by Gasteiger charge is 2.29. The molecule has 0 radical (unpaired) electrons. The number of nitrogens with zero attached hydrogens (tertiary/aromatic N) is 7. The van der Waals surface area contributed by atoms with Crippen LogP contribution in [0, 0.1) is 17.2 Å². The Morgan fingerprint density at radius 2 is 1.78 bits per heavy atom. The summed E-state index contributed by atoms with van der Waals surface area (Å²) in [6.45, 7) is 7.48. The number of anilines is 3. The SMILES string of the molecule is Cn1ccc(C(=O)N2CCC(COc3ccc(-c4nccc(Nc5ccc(N6CCN(C7COC7)CC6)cc5)n4)cc3C#N)CC2)cc1=O. The van der Waals surface area contributed by atoms with Crippen LogP contribution in [-0.2, 0) is 11.8 Å². The van der Waals surface area contributed by atoms with Gasteiger partial charge >= 0.3 is 0 Å². The number of hydrogen-bond donors (Lipinski definition) is 1. The number of carbonyl (C=O) groups excluding carboxylic acids is 1. The number of ether oxygens (including phenoxy) is 2. The summed E-state index contributed by atoms with van der Waals surface area (Å²) in [6.07, 6.45) is 4.88. The van der Waals surface area contributed by atoms with E-state index in [1.807, 2.05) is 12.1 Å². The Bertz CT molecular complexity index is 1890.